The van der Waals surface area contributed by atoms with E-state index in [1.165, 1.54) is 11.1 Å². The summed E-state index contributed by atoms with van der Waals surface area (Å²) in [5.74, 6) is 0. The van der Waals surface area contributed by atoms with E-state index in [-0.39, 0.29) is 0 Å². The average molecular weight is 204 g/mol. The van der Waals surface area contributed by atoms with E-state index in [4.69, 9.17) is 4.43 Å². The van der Waals surface area contributed by atoms with E-state index in [0.717, 1.165) is 32.7 Å². The van der Waals surface area contributed by atoms with Gasteiger partial charge >= 0.3 is 0 Å². The van der Waals surface area contributed by atoms with Gasteiger partial charge in [0.05, 0.1) is 0 Å². The van der Waals surface area contributed by atoms with Gasteiger partial charge in [-0.2, -0.15) is 0 Å². The molecule has 0 bridgehead atoms. The quantitative estimate of drug-likeness (QED) is 0.685. The van der Waals surface area contributed by atoms with Crippen molar-refractivity contribution in [3.05, 3.63) is 35.4 Å². The van der Waals surface area contributed by atoms with Crippen molar-refractivity contribution in [1.82, 2.24) is 4.90 Å². The number of rotatable bonds is 3. The molecule has 0 aliphatic carbocycles. The highest BCUT2D eigenvalue weighted by molar-refractivity contribution is 5.97. The molecular formula is C11H14NOSi. The Hall–Kier alpha value is -0.643. The molecule has 1 aliphatic heterocycles. The molecule has 3 radical (unpaired) electrons. The molecule has 1 aromatic carbocycles. The Morgan fingerprint density at radius 1 is 1.29 bits per heavy atom. The maximum Gasteiger partial charge on any atom is 0.246 e. The zero-order chi connectivity index (χ0) is 9.80. The monoisotopic (exact) mass is 204 g/mol. The van der Waals surface area contributed by atoms with E-state index < -0.39 is 0 Å². The molecule has 73 valence electrons. The molecule has 0 atom stereocenters. The third kappa shape index (κ3) is 2.23. The van der Waals surface area contributed by atoms with Crippen LogP contribution in [0.25, 0.3) is 0 Å². The zero-order valence-electron chi connectivity index (χ0n) is 8.20. The lowest BCUT2D eigenvalue weighted by Gasteiger charge is -2.28. The third-order valence-electron chi connectivity index (χ3n) is 2.72. The SMILES string of the molecule is [Si]OCCN1CCc2ccccc2C1. The molecule has 0 spiro atoms. The highest BCUT2D eigenvalue weighted by atomic mass is 28.2. The van der Waals surface area contributed by atoms with Crippen molar-refractivity contribution < 1.29 is 4.43 Å². The molecule has 0 amide bonds. The first kappa shape index (κ1) is 9.89. The Kier molecular flexibility index (Phi) is 3.34. The van der Waals surface area contributed by atoms with Crippen LogP contribution in [-0.2, 0) is 17.4 Å². The second-order valence-electron chi connectivity index (χ2n) is 3.64. The molecule has 1 aliphatic rings. The van der Waals surface area contributed by atoms with Gasteiger partial charge in [0.1, 0.15) is 0 Å². The summed E-state index contributed by atoms with van der Waals surface area (Å²) < 4.78 is 4.90. The number of hydrogen-bond donors (Lipinski definition) is 0. The molecule has 0 aromatic heterocycles. The number of nitrogens with zero attached hydrogens (tertiary/aromatic N) is 1. The van der Waals surface area contributed by atoms with Crippen LogP contribution < -0.4 is 0 Å². The standard InChI is InChI=1S/C11H14NOSi/c14-13-8-7-12-6-5-10-3-1-2-4-11(10)9-12/h1-4H,5-9H2. The largest absolute Gasteiger partial charge is 0.417 e. The lowest BCUT2D eigenvalue weighted by Crippen LogP contribution is -2.33. The molecule has 0 saturated carbocycles. The zero-order valence-corrected chi connectivity index (χ0v) is 9.20. The van der Waals surface area contributed by atoms with Gasteiger partial charge in [0, 0.05) is 26.2 Å². The second kappa shape index (κ2) is 4.73. The van der Waals surface area contributed by atoms with Crippen LogP contribution in [0.4, 0.5) is 0 Å². The summed E-state index contributed by atoms with van der Waals surface area (Å²) in [6, 6.07) is 8.68. The Morgan fingerprint density at radius 3 is 2.86 bits per heavy atom. The molecule has 0 unspecified atom stereocenters. The van der Waals surface area contributed by atoms with Crippen molar-refractivity contribution in [3.63, 3.8) is 0 Å². The predicted molar refractivity (Wildman–Crippen MR) is 57.1 cm³/mol. The van der Waals surface area contributed by atoms with Crippen LogP contribution in [0.3, 0.4) is 0 Å². The topological polar surface area (TPSA) is 12.5 Å². The van der Waals surface area contributed by atoms with Crippen molar-refractivity contribution in [3.8, 4) is 0 Å². The van der Waals surface area contributed by atoms with Gasteiger partial charge in [-0.3, -0.25) is 4.90 Å². The van der Waals surface area contributed by atoms with Crippen LogP contribution >= 0.6 is 0 Å². The molecule has 1 aromatic rings. The van der Waals surface area contributed by atoms with E-state index in [2.05, 4.69) is 39.7 Å². The van der Waals surface area contributed by atoms with Crippen LogP contribution in [-0.4, -0.2) is 35.1 Å². The predicted octanol–water partition coefficient (Wildman–Crippen LogP) is 1.14. The first-order chi connectivity index (χ1) is 6.90. The Balaban J connectivity index is 1.99. The highest BCUT2D eigenvalue weighted by Crippen LogP contribution is 2.17. The summed E-state index contributed by atoms with van der Waals surface area (Å²) in [6.07, 6.45) is 1.16. The minimum Gasteiger partial charge on any atom is -0.417 e. The van der Waals surface area contributed by atoms with Crippen molar-refractivity contribution in [1.29, 1.82) is 0 Å². The first-order valence-electron chi connectivity index (χ1n) is 4.98. The van der Waals surface area contributed by atoms with Crippen LogP contribution in [0.1, 0.15) is 11.1 Å². The van der Waals surface area contributed by atoms with Crippen molar-refractivity contribution in [2.75, 3.05) is 19.7 Å². The summed E-state index contributed by atoms with van der Waals surface area (Å²) >= 11 is 0. The van der Waals surface area contributed by atoms with Gasteiger partial charge in [-0.1, -0.05) is 24.3 Å². The van der Waals surface area contributed by atoms with Crippen molar-refractivity contribution >= 4 is 10.5 Å². The van der Waals surface area contributed by atoms with E-state index >= 15 is 0 Å². The van der Waals surface area contributed by atoms with E-state index in [1.54, 1.807) is 0 Å². The van der Waals surface area contributed by atoms with Gasteiger partial charge in [0.25, 0.3) is 0 Å². The van der Waals surface area contributed by atoms with Crippen molar-refractivity contribution in [2.24, 2.45) is 0 Å². The molecule has 3 heteroatoms. The maximum absolute atomic E-state index is 4.90. The van der Waals surface area contributed by atoms with Crippen LogP contribution in [0, 0.1) is 0 Å². The summed E-state index contributed by atoms with van der Waals surface area (Å²) in [6.45, 7) is 3.95. The maximum atomic E-state index is 4.90. The van der Waals surface area contributed by atoms with Gasteiger partial charge < -0.3 is 4.43 Å². The summed E-state index contributed by atoms with van der Waals surface area (Å²) in [4.78, 5) is 2.42. The van der Waals surface area contributed by atoms with Gasteiger partial charge in [-0.25, -0.2) is 0 Å². The number of hydrogen-bond acceptors (Lipinski definition) is 2. The van der Waals surface area contributed by atoms with E-state index in [9.17, 15) is 0 Å². The first-order valence-corrected chi connectivity index (χ1v) is 5.38. The fraction of sp³-hybridized carbons (Fsp3) is 0.455. The van der Waals surface area contributed by atoms with Gasteiger partial charge in [0.15, 0.2) is 0 Å². The second-order valence-corrected chi connectivity index (χ2v) is 3.93. The highest BCUT2D eigenvalue weighted by Gasteiger charge is 2.14. The van der Waals surface area contributed by atoms with Crippen LogP contribution in [0.2, 0.25) is 0 Å². The van der Waals surface area contributed by atoms with E-state index in [1.807, 2.05) is 0 Å². The van der Waals surface area contributed by atoms with Gasteiger partial charge in [-0.15, -0.1) is 0 Å². The summed E-state index contributed by atoms with van der Waals surface area (Å²) in [7, 11) is 3.03. The average Bonchev–Trinajstić information content (AvgIpc) is 2.26. The lowest BCUT2D eigenvalue weighted by atomic mass is 10.0. The molecular weight excluding hydrogens is 190 g/mol. The summed E-state index contributed by atoms with van der Waals surface area (Å²) in [5, 5.41) is 0. The fourth-order valence-corrected chi connectivity index (χ4v) is 2.01. The molecule has 0 saturated heterocycles. The van der Waals surface area contributed by atoms with Gasteiger partial charge in [-0.05, 0) is 17.5 Å². The van der Waals surface area contributed by atoms with Gasteiger partial charge in [0.2, 0.25) is 10.5 Å². The van der Waals surface area contributed by atoms with E-state index in [0.29, 0.717) is 0 Å². The van der Waals surface area contributed by atoms with Crippen LogP contribution in [0.5, 0.6) is 0 Å². The molecule has 14 heavy (non-hydrogen) atoms. The molecule has 2 nitrogen and oxygen atoms in total. The normalized spacial score (nSPS) is 16.6. The fourth-order valence-electron chi connectivity index (χ4n) is 1.92. The Bertz CT molecular complexity index is 303. The molecule has 1 heterocycles. The number of fused-ring (bicyclic) bond motifs is 1. The molecule has 0 N–H and O–H groups in total. The smallest absolute Gasteiger partial charge is 0.246 e. The Labute approximate surface area is 88.4 Å². The minimum atomic E-state index is 0.749. The minimum absolute atomic E-state index is 0.749. The summed E-state index contributed by atoms with van der Waals surface area (Å²) in [5.41, 5.74) is 2.97. The van der Waals surface area contributed by atoms with Crippen LogP contribution in [0.15, 0.2) is 24.3 Å². The van der Waals surface area contributed by atoms with Crippen molar-refractivity contribution in [2.45, 2.75) is 13.0 Å². The third-order valence-corrected chi connectivity index (χ3v) is 2.92. The molecule has 2 rings (SSSR count). The lowest BCUT2D eigenvalue weighted by molar-refractivity contribution is 0.204. The Morgan fingerprint density at radius 2 is 2.07 bits per heavy atom. The molecule has 0 fully saturated rings. The number of benzene rings is 1.